The number of aryl methyl sites for hydroxylation is 2. The summed E-state index contributed by atoms with van der Waals surface area (Å²) in [7, 11) is 1.66. The van der Waals surface area contributed by atoms with Gasteiger partial charge in [0.2, 0.25) is 0 Å². The zero-order chi connectivity index (χ0) is 14.4. The first kappa shape index (κ1) is 14.9. The standard InChI is InChI=1S/C15H20ClN3O/c1-11-12(9-18-19-11)5-4-8-17-10-13-14(16)6-3-7-15(13)20-2/h3,6-7,9,17H,4-5,8,10H2,1-2H3,(H,18,19). The molecule has 5 heteroatoms. The predicted molar refractivity (Wildman–Crippen MR) is 81.4 cm³/mol. The third-order valence-electron chi connectivity index (χ3n) is 3.33. The van der Waals surface area contributed by atoms with E-state index in [-0.39, 0.29) is 0 Å². The van der Waals surface area contributed by atoms with Crippen molar-refractivity contribution in [3.8, 4) is 5.75 Å². The zero-order valence-electron chi connectivity index (χ0n) is 11.9. The number of benzene rings is 1. The van der Waals surface area contributed by atoms with Crippen molar-refractivity contribution in [2.75, 3.05) is 13.7 Å². The van der Waals surface area contributed by atoms with Gasteiger partial charge in [-0.25, -0.2) is 0 Å². The fourth-order valence-electron chi connectivity index (χ4n) is 2.15. The van der Waals surface area contributed by atoms with Gasteiger partial charge in [-0.2, -0.15) is 5.10 Å². The maximum Gasteiger partial charge on any atom is 0.124 e. The van der Waals surface area contributed by atoms with Crippen molar-refractivity contribution in [1.82, 2.24) is 15.5 Å². The van der Waals surface area contributed by atoms with Crippen LogP contribution in [0, 0.1) is 6.92 Å². The van der Waals surface area contributed by atoms with Crippen LogP contribution < -0.4 is 10.1 Å². The molecule has 0 aliphatic rings. The first-order valence-electron chi connectivity index (χ1n) is 6.73. The molecule has 1 aromatic carbocycles. The highest BCUT2D eigenvalue weighted by atomic mass is 35.5. The molecule has 0 saturated heterocycles. The molecule has 2 N–H and O–H groups in total. The quantitative estimate of drug-likeness (QED) is 0.771. The zero-order valence-corrected chi connectivity index (χ0v) is 12.6. The van der Waals surface area contributed by atoms with E-state index in [4.69, 9.17) is 16.3 Å². The number of halogens is 1. The summed E-state index contributed by atoms with van der Waals surface area (Å²) in [5, 5.41) is 11.1. The molecule has 20 heavy (non-hydrogen) atoms. The van der Waals surface area contributed by atoms with E-state index >= 15 is 0 Å². The van der Waals surface area contributed by atoms with Crippen LogP contribution in [-0.4, -0.2) is 23.9 Å². The van der Waals surface area contributed by atoms with E-state index in [1.54, 1.807) is 7.11 Å². The van der Waals surface area contributed by atoms with Gasteiger partial charge in [-0.15, -0.1) is 0 Å². The molecule has 0 aliphatic heterocycles. The van der Waals surface area contributed by atoms with Gasteiger partial charge >= 0.3 is 0 Å². The molecular formula is C15H20ClN3O. The van der Waals surface area contributed by atoms with Crippen LogP contribution in [0.15, 0.2) is 24.4 Å². The molecule has 0 unspecified atom stereocenters. The number of nitrogens with one attached hydrogen (secondary N) is 2. The number of hydrogen-bond donors (Lipinski definition) is 2. The lowest BCUT2D eigenvalue weighted by molar-refractivity contribution is 0.407. The van der Waals surface area contributed by atoms with Gasteiger partial charge in [-0.05, 0) is 44.0 Å². The largest absolute Gasteiger partial charge is 0.496 e. The molecule has 0 radical (unpaired) electrons. The average Bonchev–Trinajstić information content (AvgIpc) is 2.85. The summed E-state index contributed by atoms with van der Waals surface area (Å²) in [6.07, 6.45) is 3.98. The first-order valence-corrected chi connectivity index (χ1v) is 7.11. The molecule has 1 heterocycles. The van der Waals surface area contributed by atoms with Gasteiger partial charge in [-0.3, -0.25) is 5.10 Å². The third kappa shape index (κ3) is 3.74. The van der Waals surface area contributed by atoms with Crippen LogP contribution in [0.2, 0.25) is 5.02 Å². The van der Waals surface area contributed by atoms with Crippen LogP contribution in [0.4, 0.5) is 0 Å². The van der Waals surface area contributed by atoms with Gasteiger partial charge in [0.05, 0.1) is 13.3 Å². The summed E-state index contributed by atoms with van der Waals surface area (Å²) >= 11 is 6.19. The molecule has 0 spiro atoms. The van der Waals surface area contributed by atoms with Crippen molar-refractivity contribution in [1.29, 1.82) is 0 Å². The SMILES string of the molecule is COc1cccc(Cl)c1CNCCCc1cn[nH]c1C. The second kappa shape index (κ2) is 7.31. The maximum atomic E-state index is 6.19. The van der Waals surface area contributed by atoms with Crippen LogP contribution in [-0.2, 0) is 13.0 Å². The van der Waals surface area contributed by atoms with Crippen LogP contribution in [0.1, 0.15) is 23.2 Å². The van der Waals surface area contributed by atoms with Crippen molar-refractivity contribution < 1.29 is 4.74 Å². The van der Waals surface area contributed by atoms with E-state index in [1.807, 2.05) is 31.3 Å². The highest BCUT2D eigenvalue weighted by Crippen LogP contribution is 2.25. The number of nitrogens with zero attached hydrogens (tertiary/aromatic N) is 1. The Hall–Kier alpha value is -1.52. The Labute approximate surface area is 124 Å². The molecule has 4 nitrogen and oxygen atoms in total. The van der Waals surface area contributed by atoms with Crippen molar-refractivity contribution in [3.05, 3.63) is 46.2 Å². The molecule has 108 valence electrons. The van der Waals surface area contributed by atoms with Crippen LogP contribution >= 0.6 is 11.6 Å². The van der Waals surface area contributed by atoms with E-state index < -0.39 is 0 Å². The van der Waals surface area contributed by atoms with E-state index in [9.17, 15) is 0 Å². The fourth-order valence-corrected chi connectivity index (χ4v) is 2.38. The molecular weight excluding hydrogens is 274 g/mol. The highest BCUT2D eigenvalue weighted by Gasteiger charge is 2.06. The lowest BCUT2D eigenvalue weighted by Crippen LogP contribution is -2.16. The van der Waals surface area contributed by atoms with Crippen LogP contribution in [0.25, 0.3) is 0 Å². The summed E-state index contributed by atoms with van der Waals surface area (Å²) < 4.78 is 5.32. The van der Waals surface area contributed by atoms with E-state index in [0.717, 1.165) is 41.4 Å². The van der Waals surface area contributed by atoms with E-state index in [0.29, 0.717) is 6.54 Å². The summed E-state index contributed by atoms with van der Waals surface area (Å²) in [5.74, 6) is 0.829. The second-order valence-electron chi connectivity index (χ2n) is 4.72. The molecule has 0 saturated carbocycles. The molecule has 2 rings (SSSR count). The Morgan fingerprint density at radius 2 is 2.25 bits per heavy atom. The number of aromatic nitrogens is 2. The second-order valence-corrected chi connectivity index (χ2v) is 5.13. The molecule has 1 aromatic heterocycles. The Kier molecular flexibility index (Phi) is 5.44. The van der Waals surface area contributed by atoms with Crippen LogP contribution in [0.5, 0.6) is 5.75 Å². The molecule has 0 fully saturated rings. The predicted octanol–water partition coefficient (Wildman–Crippen LogP) is 3.10. The van der Waals surface area contributed by atoms with Gasteiger partial charge in [0.15, 0.2) is 0 Å². The molecule has 0 amide bonds. The number of methoxy groups -OCH3 is 1. The number of ether oxygens (including phenoxy) is 1. The molecule has 0 atom stereocenters. The minimum absolute atomic E-state index is 0.715. The average molecular weight is 294 g/mol. The Morgan fingerprint density at radius 1 is 1.40 bits per heavy atom. The van der Waals surface area contributed by atoms with Gasteiger partial charge in [-0.1, -0.05) is 17.7 Å². The Morgan fingerprint density at radius 3 is 2.95 bits per heavy atom. The van der Waals surface area contributed by atoms with E-state index in [1.165, 1.54) is 5.56 Å². The first-order chi connectivity index (χ1) is 9.72. The molecule has 2 aromatic rings. The Balaban J connectivity index is 1.78. The Bertz CT molecular complexity index is 554. The maximum absolute atomic E-state index is 6.19. The van der Waals surface area contributed by atoms with Crippen LogP contribution in [0.3, 0.4) is 0 Å². The summed E-state index contributed by atoms with van der Waals surface area (Å²) in [5.41, 5.74) is 3.44. The summed E-state index contributed by atoms with van der Waals surface area (Å²) in [6, 6.07) is 5.71. The normalized spacial score (nSPS) is 10.8. The smallest absolute Gasteiger partial charge is 0.124 e. The van der Waals surface area contributed by atoms with Crippen molar-refractivity contribution in [2.24, 2.45) is 0 Å². The van der Waals surface area contributed by atoms with Gasteiger partial charge in [0.25, 0.3) is 0 Å². The number of rotatable bonds is 7. The van der Waals surface area contributed by atoms with Gasteiger partial charge in [0, 0.05) is 22.8 Å². The number of hydrogen-bond acceptors (Lipinski definition) is 3. The van der Waals surface area contributed by atoms with Gasteiger partial charge in [0.1, 0.15) is 5.75 Å². The van der Waals surface area contributed by atoms with Crippen molar-refractivity contribution >= 4 is 11.6 Å². The fraction of sp³-hybridized carbons (Fsp3) is 0.400. The monoisotopic (exact) mass is 293 g/mol. The summed E-state index contributed by atoms with van der Waals surface area (Å²) in [4.78, 5) is 0. The van der Waals surface area contributed by atoms with Gasteiger partial charge < -0.3 is 10.1 Å². The molecule has 0 aliphatic carbocycles. The minimum Gasteiger partial charge on any atom is -0.496 e. The highest BCUT2D eigenvalue weighted by molar-refractivity contribution is 6.31. The lowest BCUT2D eigenvalue weighted by Gasteiger charge is -2.11. The van der Waals surface area contributed by atoms with Crippen molar-refractivity contribution in [2.45, 2.75) is 26.3 Å². The number of H-pyrrole nitrogens is 1. The topological polar surface area (TPSA) is 49.9 Å². The van der Waals surface area contributed by atoms with Crippen molar-refractivity contribution in [3.63, 3.8) is 0 Å². The molecule has 0 bridgehead atoms. The third-order valence-corrected chi connectivity index (χ3v) is 3.69. The van der Waals surface area contributed by atoms with E-state index in [2.05, 4.69) is 15.5 Å². The lowest BCUT2D eigenvalue weighted by atomic mass is 10.1. The number of aromatic amines is 1. The summed E-state index contributed by atoms with van der Waals surface area (Å²) in [6.45, 7) is 3.69. The minimum atomic E-state index is 0.715.